The summed E-state index contributed by atoms with van der Waals surface area (Å²) in [5, 5.41) is 0. The third kappa shape index (κ3) is 10.8. The fourth-order valence-corrected chi connectivity index (χ4v) is 13.3. The van der Waals surface area contributed by atoms with Gasteiger partial charge in [-0.05, 0) is 0 Å². The zero-order chi connectivity index (χ0) is 10.4. The van der Waals surface area contributed by atoms with Crippen LogP contribution in [0.3, 0.4) is 0 Å². The van der Waals surface area contributed by atoms with E-state index in [1.54, 1.807) is 13.3 Å². The van der Waals surface area contributed by atoms with E-state index in [2.05, 4.69) is 41.5 Å². The van der Waals surface area contributed by atoms with Crippen molar-refractivity contribution in [2.45, 2.75) is 54.9 Å². The second kappa shape index (κ2) is 8.99. The summed E-state index contributed by atoms with van der Waals surface area (Å²) in [6.07, 6.45) is 0. The van der Waals surface area contributed by atoms with E-state index < -0.39 is 19.8 Å². The van der Waals surface area contributed by atoms with Crippen LogP contribution in [0.25, 0.3) is 0 Å². The fourth-order valence-electron chi connectivity index (χ4n) is 1.98. The zero-order valence-corrected chi connectivity index (χ0v) is 13.6. The van der Waals surface area contributed by atoms with Gasteiger partial charge in [0.2, 0.25) is 0 Å². The van der Waals surface area contributed by atoms with Crippen LogP contribution in [-0.4, -0.2) is 19.8 Å². The van der Waals surface area contributed by atoms with E-state index in [1.807, 2.05) is 0 Å². The smallest absolute Gasteiger partial charge is 1.00 e. The maximum absolute atomic E-state index is 2.39. The first-order chi connectivity index (χ1) is 5.91. The first kappa shape index (κ1) is 17.1. The van der Waals surface area contributed by atoms with Crippen LogP contribution in [0, 0.1) is 17.8 Å². The summed E-state index contributed by atoms with van der Waals surface area (Å²) in [4.78, 5) is 0. The molecule has 0 nitrogen and oxygen atoms in total. The van der Waals surface area contributed by atoms with E-state index in [0.717, 1.165) is 17.8 Å². The Morgan fingerprint density at radius 1 is 0.643 bits per heavy atom. The molecule has 0 saturated heterocycles. The van der Waals surface area contributed by atoms with Gasteiger partial charge >= 0.3 is 92.4 Å². The van der Waals surface area contributed by atoms with Gasteiger partial charge in [0.25, 0.3) is 0 Å². The Morgan fingerprint density at radius 2 is 0.857 bits per heavy atom. The molecule has 0 aromatic heterocycles. The number of hydrogen-bond acceptors (Lipinski definition) is 0. The monoisotopic (exact) mass is 310 g/mol. The van der Waals surface area contributed by atoms with Crippen molar-refractivity contribution in [2.24, 2.45) is 17.8 Å². The predicted molar refractivity (Wildman–Crippen MR) is 64.7 cm³/mol. The molecule has 0 aromatic carbocycles. The normalized spacial score (nSPS) is 10.9. The molecule has 2 heteroatoms. The molecule has 0 aromatic rings. The molecule has 0 aliphatic carbocycles. The van der Waals surface area contributed by atoms with Gasteiger partial charge in [-0.2, -0.15) is 0 Å². The molecule has 0 aliphatic rings. The standard InChI is InChI=1S/3C4H9.FH.Sn/c3*1-4(2)3;;/h3*4H,1H2,2-3H3;1H;/q;;;;+1/p-1. The Bertz CT molecular complexity index is 97.7. The number of hydrogen-bond donors (Lipinski definition) is 0. The molecule has 0 radical (unpaired) electrons. The van der Waals surface area contributed by atoms with Crippen LogP contribution in [0.1, 0.15) is 41.5 Å². The maximum atomic E-state index is 2.39. The van der Waals surface area contributed by atoms with Gasteiger partial charge in [0.15, 0.2) is 0 Å². The van der Waals surface area contributed by atoms with Gasteiger partial charge in [-0.1, -0.05) is 0 Å². The minimum atomic E-state index is -0.976. The third-order valence-electron chi connectivity index (χ3n) is 2.09. The Hall–Kier alpha value is 0.729. The van der Waals surface area contributed by atoms with Gasteiger partial charge in [0.1, 0.15) is 0 Å². The Labute approximate surface area is 97.0 Å². The minimum Gasteiger partial charge on any atom is -1.00 e. The second-order valence-corrected chi connectivity index (χ2v) is 13.3. The maximum Gasteiger partial charge on any atom is -1.00 e. The fraction of sp³-hybridized carbons (Fsp3) is 1.00. The summed E-state index contributed by atoms with van der Waals surface area (Å²) in [6.45, 7) is 14.3. The topological polar surface area (TPSA) is 0 Å². The third-order valence-corrected chi connectivity index (χ3v) is 14.0. The van der Waals surface area contributed by atoms with Crippen molar-refractivity contribution in [1.29, 1.82) is 0 Å². The van der Waals surface area contributed by atoms with Crippen LogP contribution in [0.5, 0.6) is 0 Å². The second-order valence-electron chi connectivity index (χ2n) is 5.54. The summed E-state index contributed by atoms with van der Waals surface area (Å²) in [6, 6.07) is 0. The first-order valence-electron chi connectivity index (χ1n) is 5.75. The van der Waals surface area contributed by atoms with E-state index in [1.165, 1.54) is 0 Å². The van der Waals surface area contributed by atoms with Crippen molar-refractivity contribution in [3.8, 4) is 0 Å². The summed E-state index contributed by atoms with van der Waals surface area (Å²) >= 11 is -0.976. The van der Waals surface area contributed by atoms with E-state index in [-0.39, 0.29) is 4.70 Å². The van der Waals surface area contributed by atoms with Crippen LogP contribution in [0.2, 0.25) is 13.3 Å². The molecule has 0 amide bonds. The summed E-state index contributed by atoms with van der Waals surface area (Å²) in [7, 11) is 0. The Balaban J connectivity index is 0. The van der Waals surface area contributed by atoms with Crippen molar-refractivity contribution in [3.63, 3.8) is 0 Å². The molecular weight excluding hydrogens is 282 g/mol. The predicted octanol–water partition coefficient (Wildman–Crippen LogP) is 1.45. The van der Waals surface area contributed by atoms with Crippen LogP contribution in [0.15, 0.2) is 0 Å². The van der Waals surface area contributed by atoms with Crippen LogP contribution in [0.4, 0.5) is 0 Å². The van der Waals surface area contributed by atoms with Crippen molar-refractivity contribution in [3.05, 3.63) is 0 Å². The molecule has 0 aliphatic heterocycles. The molecule has 0 spiro atoms. The average Bonchev–Trinajstić information content (AvgIpc) is 1.80. The van der Waals surface area contributed by atoms with Gasteiger partial charge < -0.3 is 4.70 Å². The van der Waals surface area contributed by atoms with Gasteiger partial charge in [0.05, 0.1) is 0 Å². The van der Waals surface area contributed by atoms with Crippen molar-refractivity contribution in [1.82, 2.24) is 0 Å². The molecule has 14 heavy (non-hydrogen) atoms. The molecule has 86 valence electrons. The minimum absolute atomic E-state index is 0. The average molecular weight is 309 g/mol. The molecule has 0 unspecified atom stereocenters. The molecule has 0 fully saturated rings. The molecule has 0 saturated carbocycles. The van der Waals surface area contributed by atoms with Crippen molar-refractivity contribution >= 4 is 19.8 Å². The summed E-state index contributed by atoms with van der Waals surface area (Å²) < 4.78 is 4.83. The zero-order valence-electron chi connectivity index (χ0n) is 10.7. The number of rotatable bonds is 6. The van der Waals surface area contributed by atoms with Crippen molar-refractivity contribution in [2.75, 3.05) is 0 Å². The van der Waals surface area contributed by atoms with E-state index >= 15 is 0 Å². The Kier molecular flexibility index (Phi) is 11.0. The molecule has 0 rings (SSSR count). The summed E-state index contributed by atoms with van der Waals surface area (Å²) in [5.74, 6) is 2.85. The molecule has 0 N–H and O–H groups in total. The van der Waals surface area contributed by atoms with Crippen LogP contribution < -0.4 is 4.70 Å². The van der Waals surface area contributed by atoms with Gasteiger partial charge in [-0.25, -0.2) is 0 Å². The first-order valence-corrected chi connectivity index (χ1v) is 11.8. The largest absolute Gasteiger partial charge is 1.00 e. The SMILES string of the molecule is CC(C)[CH2][Sn+]([CH2]C(C)C)[CH2]C(C)C.[F-]. The number of halogens is 1. The quantitative estimate of drug-likeness (QED) is 0.652. The molecule has 0 bridgehead atoms. The van der Waals surface area contributed by atoms with E-state index in [4.69, 9.17) is 0 Å². The van der Waals surface area contributed by atoms with E-state index in [0.29, 0.717) is 0 Å². The van der Waals surface area contributed by atoms with E-state index in [9.17, 15) is 0 Å². The van der Waals surface area contributed by atoms with Gasteiger partial charge in [-0.3, -0.25) is 0 Å². The van der Waals surface area contributed by atoms with Crippen LogP contribution in [-0.2, 0) is 0 Å². The molecular formula is C12H27FSn. The Morgan fingerprint density at radius 3 is 1.00 bits per heavy atom. The van der Waals surface area contributed by atoms with Crippen LogP contribution >= 0.6 is 0 Å². The van der Waals surface area contributed by atoms with Gasteiger partial charge in [-0.15, -0.1) is 0 Å². The van der Waals surface area contributed by atoms with Crippen molar-refractivity contribution < 1.29 is 4.70 Å². The molecule has 0 atom stereocenters. The molecule has 0 heterocycles. The summed E-state index contributed by atoms with van der Waals surface area (Å²) in [5.41, 5.74) is 0. The van der Waals surface area contributed by atoms with Gasteiger partial charge in [0, 0.05) is 0 Å².